The number of hydrogen-bond acceptors (Lipinski definition) is 16. The van der Waals surface area contributed by atoms with Crippen LogP contribution in [0, 0.1) is 13.8 Å². The maximum absolute atomic E-state index is 11.9. The van der Waals surface area contributed by atoms with Crippen LogP contribution in [0.25, 0.3) is 0 Å². The molecule has 27 heteroatoms. The molecule has 0 unspecified atom stereocenters. The molecular weight excluding hydrogens is 1050 g/mol. The van der Waals surface area contributed by atoms with Crippen molar-refractivity contribution in [2.75, 3.05) is 103 Å². The molecule has 446 valence electrons. The fraction of sp³-hybridized carbons (Fsp3) is 0.760. The SMILES string of the molecule is C.C.CCCOCCOC(=O)NCCCCCCNC(=O)Nc1nc(C)cc(=O)[nH]1.COCCC[Si](C)(C)O[Si](C)(C)O[Si](C)(C)CCCOCCOCCOC(=O)NCCCCCCNC(=O)Nc1nc(C)cc(=O)[nH]1. The Morgan fingerprint density at radius 2 is 0.870 bits per heavy atom. The molecule has 2 aromatic rings. The molecule has 0 aliphatic carbocycles. The number of aromatic nitrogens is 4. The quantitative estimate of drug-likeness (QED) is 0.0231. The molecule has 0 aliphatic heterocycles. The molecule has 2 aromatic heterocycles. The minimum absolute atomic E-state index is 0. The first-order valence-electron chi connectivity index (χ1n) is 26.3. The molecular formula is C50H100N10O14Si3. The van der Waals surface area contributed by atoms with Crippen molar-refractivity contribution in [3.8, 4) is 0 Å². The van der Waals surface area contributed by atoms with Crippen LogP contribution in [0.4, 0.5) is 31.1 Å². The van der Waals surface area contributed by atoms with Gasteiger partial charge in [0, 0.05) is 76.6 Å². The van der Waals surface area contributed by atoms with Gasteiger partial charge in [0.1, 0.15) is 13.2 Å². The summed E-state index contributed by atoms with van der Waals surface area (Å²) >= 11 is 0. The van der Waals surface area contributed by atoms with Gasteiger partial charge in [0.2, 0.25) is 11.9 Å². The lowest BCUT2D eigenvalue weighted by Gasteiger charge is -2.38. The Balaban J connectivity index is 0. The Kier molecular flexibility index (Phi) is 42.6. The molecule has 0 saturated heterocycles. The van der Waals surface area contributed by atoms with E-state index in [4.69, 9.17) is 36.7 Å². The van der Waals surface area contributed by atoms with E-state index in [1.807, 2.05) is 6.92 Å². The normalized spacial score (nSPS) is 11.2. The summed E-state index contributed by atoms with van der Waals surface area (Å²) < 4.78 is 45.0. The molecule has 0 aromatic carbocycles. The first-order valence-corrected chi connectivity index (χ1v) is 35.4. The van der Waals surface area contributed by atoms with E-state index in [1.165, 1.54) is 12.1 Å². The second-order valence-corrected chi connectivity index (χ2v) is 31.8. The number of hydrogen-bond donors (Lipinski definition) is 8. The number of nitrogens with zero attached hydrogens (tertiary/aromatic N) is 2. The predicted octanol–water partition coefficient (Wildman–Crippen LogP) is 8.28. The second-order valence-electron chi connectivity index (χ2n) is 19.3. The molecule has 24 nitrogen and oxygen atoms in total. The van der Waals surface area contributed by atoms with E-state index < -0.39 is 49.4 Å². The van der Waals surface area contributed by atoms with Gasteiger partial charge in [0.05, 0.1) is 26.4 Å². The van der Waals surface area contributed by atoms with E-state index in [2.05, 4.69) is 91.1 Å². The monoisotopic (exact) mass is 1150 g/mol. The summed E-state index contributed by atoms with van der Waals surface area (Å²) in [6.45, 7) is 25.0. The number of rotatable bonds is 39. The van der Waals surface area contributed by atoms with Gasteiger partial charge in [-0.2, -0.15) is 0 Å². The number of unbranched alkanes of at least 4 members (excludes halogenated alkanes) is 6. The number of aryl methyl sites for hydroxylation is 2. The maximum Gasteiger partial charge on any atom is 0.407 e. The first-order chi connectivity index (χ1) is 35.6. The smallest absolute Gasteiger partial charge is 0.407 e. The van der Waals surface area contributed by atoms with Crippen molar-refractivity contribution in [1.29, 1.82) is 0 Å². The number of urea groups is 2. The van der Waals surface area contributed by atoms with Crippen molar-refractivity contribution in [2.24, 2.45) is 0 Å². The Morgan fingerprint density at radius 3 is 1.26 bits per heavy atom. The van der Waals surface area contributed by atoms with Gasteiger partial charge in [-0.15, -0.1) is 0 Å². The lowest BCUT2D eigenvalue weighted by molar-refractivity contribution is 0.0281. The van der Waals surface area contributed by atoms with Crippen LogP contribution in [0.5, 0.6) is 0 Å². The number of carbonyl (C=O) groups excluding carboxylic acids is 4. The van der Waals surface area contributed by atoms with Gasteiger partial charge in [-0.25, -0.2) is 29.1 Å². The number of methoxy groups -OCH3 is 1. The average Bonchev–Trinajstić information content (AvgIpc) is 3.30. The number of H-pyrrole nitrogens is 2. The van der Waals surface area contributed by atoms with Gasteiger partial charge in [-0.1, -0.05) is 47.5 Å². The summed E-state index contributed by atoms with van der Waals surface area (Å²) in [4.78, 5) is 82.6. The van der Waals surface area contributed by atoms with Crippen molar-refractivity contribution >= 4 is 61.3 Å². The van der Waals surface area contributed by atoms with Gasteiger partial charge < -0.3 is 57.9 Å². The van der Waals surface area contributed by atoms with Crippen molar-refractivity contribution in [3.05, 3.63) is 44.2 Å². The molecule has 0 radical (unpaired) electrons. The zero-order chi connectivity index (χ0) is 55.8. The molecule has 0 atom stereocenters. The third-order valence-corrected chi connectivity index (χ3v) is 21.9. The van der Waals surface area contributed by atoms with Gasteiger partial charge in [0.15, 0.2) is 16.6 Å². The van der Waals surface area contributed by atoms with Crippen molar-refractivity contribution in [3.63, 3.8) is 0 Å². The van der Waals surface area contributed by atoms with E-state index in [0.29, 0.717) is 77.2 Å². The zero-order valence-electron chi connectivity index (χ0n) is 46.6. The maximum atomic E-state index is 11.9. The number of aromatic amines is 2. The van der Waals surface area contributed by atoms with Crippen LogP contribution in [-0.4, -0.2) is 162 Å². The Labute approximate surface area is 462 Å². The third-order valence-electron chi connectivity index (χ3n) is 10.4. The summed E-state index contributed by atoms with van der Waals surface area (Å²) in [5.74, 6) is 0.236. The number of anilines is 2. The average molecular weight is 1150 g/mol. The number of nitrogens with one attached hydrogen (secondary N) is 8. The zero-order valence-corrected chi connectivity index (χ0v) is 49.6. The molecule has 2 rings (SSSR count). The standard InChI is InChI=1S/C30H61N5O9Si3.C18H31N5O5.2CH4/c1-26-25-27(36)34-28(33-26)35-29(37)31-15-11-9-10-12-16-32-30(38)42-22-21-41-20-19-40-18-14-24-46(5,6)44-47(7,8)43-45(3,4)23-13-17-39-2;1-3-10-27-11-12-28-18(26)20-9-7-5-4-6-8-19-17(25)23-16-21-14(2)13-15(24)22-16;;/h25H,9-24H2,1-8H3,(H,32,38)(H3,31,33,34,35,36,37);13H,3-12H2,1-2H3,(H,20,26)(H3,19,21,22,23,24,25);2*1H4. The van der Waals surface area contributed by atoms with Crippen molar-refractivity contribution in [2.45, 2.75) is 158 Å². The summed E-state index contributed by atoms with van der Waals surface area (Å²) in [6.07, 6.45) is 8.88. The van der Waals surface area contributed by atoms with Crippen molar-refractivity contribution in [1.82, 2.24) is 41.2 Å². The first kappa shape index (κ1) is 74.3. The minimum Gasteiger partial charge on any atom is -0.447 e. The van der Waals surface area contributed by atoms with Crippen LogP contribution >= 0.6 is 0 Å². The summed E-state index contributed by atoms with van der Waals surface area (Å²) in [6, 6.07) is 3.94. The molecule has 77 heavy (non-hydrogen) atoms. The molecule has 8 N–H and O–H groups in total. The lowest BCUT2D eigenvalue weighted by atomic mass is 10.2. The number of amides is 6. The van der Waals surface area contributed by atoms with Crippen LogP contribution in [0.3, 0.4) is 0 Å². The van der Waals surface area contributed by atoms with Gasteiger partial charge in [-0.05, 0) is 110 Å². The van der Waals surface area contributed by atoms with E-state index in [9.17, 15) is 28.8 Å². The Morgan fingerprint density at radius 1 is 0.506 bits per heavy atom. The molecule has 0 aliphatic rings. The van der Waals surface area contributed by atoms with E-state index in [1.54, 1.807) is 21.0 Å². The molecule has 6 amide bonds. The van der Waals surface area contributed by atoms with E-state index in [0.717, 1.165) is 89.3 Å². The van der Waals surface area contributed by atoms with Crippen molar-refractivity contribution < 1.29 is 55.8 Å². The fourth-order valence-electron chi connectivity index (χ4n) is 7.32. The van der Waals surface area contributed by atoms with Gasteiger partial charge >= 0.3 is 32.8 Å². The highest BCUT2D eigenvalue weighted by molar-refractivity contribution is 6.87. The molecule has 0 fully saturated rings. The topological polar surface area (TPSA) is 306 Å². The van der Waals surface area contributed by atoms with Crippen LogP contribution in [0.2, 0.25) is 51.4 Å². The van der Waals surface area contributed by atoms with E-state index >= 15 is 0 Å². The van der Waals surface area contributed by atoms with E-state index in [-0.39, 0.29) is 51.1 Å². The molecule has 2 heterocycles. The molecule has 0 saturated carbocycles. The molecule has 0 bridgehead atoms. The summed E-state index contributed by atoms with van der Waals surface area (Å²) in [7, 11) is -4.12. The van der Waals surface area contributed by atoms with Crippen LogP contribution in [-0.2, 0) is 36.7 Å². The van der Waals surface area contributed by atoms with Crippen LogP contribution < -0.4 is 43.0 Å². The highest BCUT2D eigenvalue weighted by Crippen LogP contribution is 2.26. The fourth-order valence-corrected chi connectivity index (χ4v) is 21.3. The minimum atomic E-state index is -2.21. The summed E-state index contributed by atoms with van der Waals surface area (Å²) in [5, 5.41) is 15.8. The van der Waals surface area contributed by atoms with Gasteiger partial charge in [-0.3, -0.25) is 30.2 Å². The third kappa shape index (κ3) is 43.9. The highest BCUT2D eigenvalue weighted by Gasteiger charge is 2.39. The van der Waals surface area contributed by atoms with Gasteiger partial charge in [0.25, 0.3) is 11.1 Å². The largest absolute Gasteiger partial charge is 0.447 e. The Hall–Kier alpha value is -4.75. The van der Waals surface area contributed by atoms with Crippen LogP contribution in [0.1, 0.15) is 104 Å². The van der Waals surface area contributed by atoms with Crippen LogP contribution in [0.15, 0.2) is 21.7 Å². The second kappa shape index (κ2) is 44.1. The number of alkyl carbamates (subject to hydrolysis) is 2. The number of carbonyl (C=O) groups is 4. The summed E-state index contributed by atoms with van der Waals surface area (Å²) in [5.41, 5.74) is 0.414. The lowest BCUT2D eigenvalue weighted by Crippen LogP contribution is -2.52. The number of ether oxygens (including phenoxy) is 6. The highest BCUT2D eigenvalue weighted by atomic mass is 28.5. The molecule has 0 spiro atoms. The predicted molar refractivity (Wildman–Crippen MR) is 310 cm³/mol. The Bertz CT molecular complexity index is 2020.